The number of nitrogens with zero attached hydrogens (tertiary/aromatic N) is 1. The molecule has 0 bridgehead atoms. The van der Waals surface area contributed by atoms with Crippen molar-refractivity contribution in [1.29, 1.82) is 0 Å². The monoisotopic (exact) mass is 417 g/mol. The predicted octanol–water partition coefficient (Wildman–Crippen LogP) is 4.12. The number of halogens is 1. The third kappa shape index (κ3) is 4.19. The molecule has 3 rings (SSSR count). The maximum atomic E-state index is 10.6. The Morgan fingerprint density at radius 1 is 1.23 bits per heavy atom. The van der Waals surface area contributed by atoms with E-state index in [1.54, 1.807) is 0 Å². The number of hydrogen-bond donors (Lipinski definition) is 2. The quantitative estimate of drug-likeness (QED) is 0.500. The number of ether oxygens (including phenoxy) is 1. The molecule has 2 aromatic rings. The Bertz CT molecular complexity index is 806. The van der Waals surface area contributed by atoms with E-state index < -0.39 is 0 Å². The first kappa shape index (κ1) is 18.7. The molecule has 0 aliphatic heterocycles. The molecule has 0 unspecified atom stereocenters. The second-order valence-electron chi connectivity index (χ2n) is 6.70. The van der Waals surface area contributed by atoms with Gasteiger partial charge in [0.15, 0.2) is 0 Å². The van der Waals surface area contributed by atoms with Gasteiger partial charge in [-0.15, -0.1) is 5.53 Å². The van der Waals surface area contributed by atoms with Crippen molar-refractivity contribution >= 4 is 28.0 Å². The number of carbonyl (C=O) groups is 1. The minimum absolute atomic E-state index is 0.485. The normalized spacial score (nSPS) is 13.4. The molecule has 0 spiro atoms. The molecule has 1 amide bonds. The number of anilines is 1. The molecule has 5 nitrogen and oxygen atoms in total. The van der Waals surface area contributed by atoms with Crippen LogP contribution in [0.4, 0.5) is 5.69 Å². The Kier molecular flexibility index (Phi) is 5.84. The Labute approximate surface area is 162 Å². The molecule has 1 aliphatic rings. The number of carbonyl (C=O) groups excluding carboxylic acids is 1. The van der Waals surface area contributed by atoms with Crippen molar-refractivity contribution in [2.75, 3.05) is 12.1 Å². The van der Waals surface area contributed by atoms with Crippen LogP contribution in [-0.2, 0) is 11.4 Å². The second kappa shape index (κ2) is 8.10. The van der Waals surface area contributed by atoms with Crippen LogP contribution in [0.15, 0.2) is 34.8 Å². The zero-order chi connectivity index (χ0) is 18.7. The van der Waals surface area contributed by atoms with E-state index >= 15 is 0 Å². The molecule has 0 saturated heterocycles. The highest BCUT2D eigenvalue weighted by Gasteiger charge is 2.28. The fourth-order valence-electron chi connectivity index (χ4n) is 3.27. The minimum atomic E-state index is 0.485. The number of aryl methyl sites for hydroxylation is 2. The van der Waals surface area contributed by atoms with Crippen molar-refractivity contribution < 1.29 is 9.53 Å². The van der Waals surface area contributed by atoms with Gasteiger partial charge in [-0.05, 0) is 67.5 Å². The summed E-state index contributed by atoms with van der Waals surface area (Å²) in [5, 5.41) is 1.84. The Morgan fingerprint density at radius 2 is 2.00 bits per heavy atom. The SMILES string of the molecule is Cc1cc(Br)ccc1OCc1c(C2CC2)ccc(C)c1N(C)NNC=O. The third-order valence-corrected chi connectivity index (χ3v) is 5.17. The molecule has 0 aromatic heterocycles. The summed E-state index contributed by atoms with van der Waals surface area (Å²) in [5.41, 5.74) is 11.1. The van der Waals surface area contributed by atoms with Crippen molar-refractivity contribution in [3.63, 3.8) is 0 Å². The first-order chi connectivity index (χ1) is 12.5. The van der Waals surface area contributed by atoms with E-state index in [0.717, 1.165) is 32.6 Å². The van der Waals surface area contributed by atoms with E-state index in [4.69, 9.17) is 4.74 Å². The van der Waals surface area contributed by atoms with Gasteiger partial charge in [-0.1, -0.05) is 28.1 Å². The maximum Gasteiger partial charge on any atom is 0.222 e. The lowest BCUT2D eigenvalue weighted by Gasteiger charge is -2.26. The summed E-state index contributed by atoms with van der Waals surface area (Å²) in [4.78, 5) is 10.6. The molecule has 26 heavy (non-hydrogen) atoms. The van der Waals surface area contributed by atoms with Crippen molar-refractivity contribution in [3.05, 3.63) is 57.1 Å². The highest BCUT2D eigenvalue weighted by atomic mass is 79.9. The molecule has 0 radical (unpaired) electrons. The molecular weight excluding hydrogens is 394 g/mol. The van der Waals surface area contributed by atoms with Crippen molar-refractivity contribution in [3.8, 4) is 5.75 Å². The number of hydrazine groups is 2. The Balaban J connectivity index is 1.92. The maximum absolute atomic E-state index is 10.6. The van der Waals surface area contributed by atoms with Gasteiger partial charge >= 0.3 is 0 Å². The van der Waals surface area contributed by atoms with Crippen LogP contribution in [0.2, 0.25) is 0 Å². The Hall–Kier alpha value is -2.05. The van der Waals surface area contributed by atoms with Crippen LogP contribution in [-0.4, -0.2) is 13.5 Å². The lowest BCUT2D eigenvalue weighted by molar-refractivity contribution is -0.110. The number of nitrogens with one attached hydrogen (secondary N) is 2. The van der Waals surface area contributed by atoms with E-state index in [2.05, 4.69) is 52.0 Å². The number of hydrogen-bond acceptors (Lipinski definition) is 4. The van der Waals surface area contributed by atoms with Crippen molar-refractivity contribution in [2.24, 2.45) is 0 Å². The molecule has 1 fully saturated rings. The molecule has 0 atom stereocenters. The first-order valence-electron chi connectivity index (χ1n) is 8.71. The van der Waals surface area contributed by atoms with E-state index in [9.17, 15) is 4.79 Å². The fraction of sp³-hybridized carbons (Fsp3) is 0.350. The van der Waals surface area contributed by atoms with E-state index in [1.807, 2.05) is 31.1 Å². The standard InChI is InChI=1S/C20H24BrN3O2/c1-13-4-8-17(15-5-6-15)18(20(13)24(3)23-22-12-25)11-26-19-9-7-16(21)10-14(19)2/h4,7-10,12,15,23H,5-6,11H2,1-3H3,(H,22,25). The summed E-state index contributed by atoms with van der Waals surface area (Å²) < 4.78 is 7.22. The van der Waals surface area contributed by atoms with Gasteiger partial charge in [0, 0.05) is 17.1 Å². The summed E-state index contributed by atoms with van der Waals surface area (Å²) >= 11 is 3.49. The molecule has 138 valence electrons. The molecular formula is C20H24BrN3O2. The van der Waals surface area contributed by atoms with E-state index in [1.165, 1.54) is 18.4 Å². The summed E-state index contributed by atoms with van der Waals surface area (Å²) in [5.74, 6) is 1.48. The molecule has 0 heterocycles. The number of amides is 1. The van der Waals surface area contributed by atoms with Gasteiger partial charge in [-0.3, -0.25) is 15.2 Å². The number of benzene rings is 2. The van der Waals surface area contributed by atoms with Gasteiger partial charge in [-0.2, -0.15) is 0 Å². The zero-order valence-corrected chi connectivity index (χ0v) is 16.9. The largest absolute Gasteiger partial charge is 0.489 e. The van der Waals surface area contributed by atoms with Crippen LogP contribution >= 0.6 is 15.9 Å². The van der Waals surface area contributed by atoms with Gasteiger partial charge in [0.25, 0.3) is 0 Å². The second-order valence-corrected chi connectivity index (χ2v) is 7.62. The van der Waals surface area contributed by atoms with E-state index in [0.29, 0.717) is 18.9 Å². The van der Waals surface area contributed by atoms with Crippen LogP contribution in [0, 0.1) is 13.8 Å². The van der Waals surface area contributed by atoms with Gasteiger partial charge < -0.3 is 4.74 Å². The minimum Gasteiger partial charge on any atom is -0.489 e. The topological polar surface area (TPSA) is 53.6 Å². The summed E-state index contributed by atoms with van der Waals surface area (Å²) in [6.07, 6.45) is 3.06. The van der Waals surface area contributed by atoms with Gasteiger partial charge in [0.05, 0.1) is 5.69 Å². The van der Waals surface area contributed by atoms with Gasteiger partial charge in [0.2, 0.25) is 6.41 Å². The zero-order valence-electron chi connectivity index (χ0n) is 15.3. The molecule has 6 heteroatoms. The average Bonchev–Trinajstić information content (AvgIpc) is 3.44. The molecule has 2 N–H and O–H groups in total. The molecule has 1 aliphatic carbocycles. The predicted molar refractivity (Wildman–Crippen MR) is 107 cm³/mol. The first-order valence-corrected chi connectivity index (χ1v) is 9.50. The highest BCUT2D eigenvalue weighted by molar-refractivity contribution is 9.10. The average molecular weight is 418 g/mol. The van der Waals surface area contributed by atoms with Crippen molar-refractivity contribution in [1.82, 2.24) is 11.0 Å². The van der Waals surface area contributed by atoms with Gasteiger partial charge in [0.1, 0.15) is 12.4 Å². The summed E-state index contributed by atoms with van der Waals surface area (Å²) in [6.45, 7) is 4.60. The molecule has 1 saturated carbocycles. The summed E-state index contributed by atoms with van der Waals surface area (Å²) in [6, 6.07) is 10.4. The lowest BCUT2D eigenvalue weighted by Crippen LogP contribution is -2.45. The highest BCUT2D eigenvalue weighted by Crippen LogP contribution is 2.44. The number of rotatable bonds is 8. The smallest absolute Gasteiger partial charge is 0.222 e. The van der Waals surface area contributed by atoms with Crippen LogP contribution in [0.25, 0.3) is 0 Å². The summed E-state index contributed by atoms with van der Waals surface area (Å²) in [7, 11) is 1.89. The van der Waals surface area contributed by atoms with Crippen molar-refractivity contribution in [2.45, 2.75) is 39.2 Å². The molecule has 2 aromatic carbocycles. The van der Waals surface area contributed by atoms with Crippen LogP contribution in [0.5, 0.6) is 5.75 Å². The van der Waals surface area contributed by atoms with Crippen LogP contribution < -0.4 is 20.7 Å². The van der Waals surface area contributed by atoms with E-state index in [-0.39, 0.29) is 0 Å². The Morgan fingerprint density at radius 3 is 2.65 bits per heavy atom. The third-order valence-electron chi connectivity index (χ3n) is 4.67. The van der Waals surface area contributed by atoms with Crippen LogP contribution in [0.1, 0.15) is 41.0 Å². The fourth-order valence-corrected chi connectivity index (χ4v) is 3.74. The van der Waals surface area contributed by atoms with Crippen LogP contribution in [0.3, 0.4) is 0 Å². The van der Waals surface area contributed by atoms with Gasteiger partial charge in [-0.25, -0.2) is 0 Å². The lowest BCUT2D eigenvalue weighted by atomic mass is 9.98.